The Hall–Kier alpha value is -3.84. The zero-order valence-corrected chi connectivity index (χ0v) is 20.9. The fourth-order valence-corrected chi connectivity index (χ4v) is 4.47. The van der Waals surface area contributed by atoms with Crippen LogP contribution in [0.4, 0.5) is 0 Å². The van der Waals surface area contributed by atoms with Crippen molar-refractivity contribution < 1.29 is 19.0 Å². The van der Waals surface area contributed by atoms with Gasteiger partial charge in [0.25, 0.3) is 5.91 Å². The molecule has 1 heterocycles. The Bertz CT molecular complexity index is 1280. The zero-order chi connectivity index (χ0) is 24.6. The van der Waals surface area contributed by atoms with E-state index < -0.39 is 0 Å². The molecule has 1 amide bonds. The minimum Gasteiger partial charge on any atom is -0.493 e. The van der Waals surface area contributed by atoms with E-state index in [2.05, 4.69) is 12.2 Å². The van der Waals surface area contributed by atoms with Gasteiger partial charge in [0.1, 0.15) is 10.8 Å². The molecule has 0 atom stereocenters. The van der Waals surface area contributed by atoms with Crippen molar-refractivity contribution in [2.24, 2.45) is 0 Å². The molecule has 1 N–H and O–H groups in total. The summed E-state index contributed by atoms with van der Waals surface area (Å²) in [5.74, 6) is 1.96. The number of carbonyl (C=O) groups is 1. The number of nitrogens with one attached hydrogen (secondary N) is 1. The van der Waals surface area contributed by atoms with E-state index in [0.29, 0.717) is 18.0 Å². The Balaban J connectivity index is 1.34. The highest BCUT2D eigenvalue weighted by atomic mass is 32.1. The summed E-state index contributed by atoms with van der Waals surface area (Å²) >= 11 is 1.58. The van der Waals surface area contributed by atoms with Crippen molar-refractivity contribution >= 4 is 17.2 Å². The fraction of sp³-hybridized carbons (Fsp3) is 0.214. The molecule has 0 fully saturated rings. The van der Waals surface area contributed by atoms with Gasteiger partial charge in [-0.2, -0.15) is 0 Å². The highest BCUT2D eigenvalue weighted by molar-refractivity contribution is 7.13. The summed E-state index contributed by atoms with van der Waals surface area (Å²) in [6.07, 6.45) is 0.860. The maximum Gasteiger partial charge on any atom is 0.258 e. The molecule has 0 spiro atoms. The van der Waals surface area contributed by atoms with Crippen LogP contribution in [0.25, 0.3) is 21.8 Å². The number of rotatable bonds is 10. The lowest BCUT2D eigenvalue weighted by Gasteiger charge is -2.10. The van der Waals surface area contributed by atoms with Crippen LogP contribution in [-0.4, -0.2) is 31.7 Å². The molecule has 0 aliphatic heterocycles. The van der Waals surface area contributed by atoms with Crippen molar-refractivity contribution in [3.05, 3.63) is 83.2 Å². The molecule has 7 heteroatoms. The molecule has 0 bridgehead atoms. The van der Waals surface area contributed by atoms with Crippen LogP contribution < -0.4 is 19.5 Å². The third-order valence-corrected chi connectivity index (χ3v) is 6.48. The van der Waals surface area contributed by atoms with Crippen molar-refractivity contribution in [1.29, 1.82) is 0 Å². The summed E-state index contributed by atoms with van der Waals surface area (Å²) in [4.78, 5) is 17.0. The molecule has 35 heavy (non-hydrogen) atoms. The van der Waals surface area contributed by atoms with Crippen molar-refractivity contribution in [1.82, 2.24) is 10.3 Å². The number of aryl methyl sites for hydroxylation is 1. The molecule has 0 saturated carbocycles. The molecule has 0 radical (unpaired) electrons. The van der Waals surface area contributed by atoms with E-state index in [0.717, 1.165) is 45.1 Å². The quantitative estimate of drug-likeness (QED) is 0.308. The minimum absolute atomic E-state index is 0.00681. The Morgan fingerprint density at radius 1 is 0.914 bits per heavy atom. The van der Waals surface area contributed by atoms with Gasteiger partial charge in [0.05, 0.1) is 19.9 Å². The van der Waals surface area contributed by atoms with Gasteiger partial charge in [0.2, 0.25) is 0 Å². The van der Waals surface area contributed by atoms with Gasteiger partial charge in [-0.25, -0.2) is 4.98 Å². The van der Waals surface area contributed by atoms with E-state index in [1.807, 2.05) is 72.1 Å². The summed E-state index contributed by atoms with van der Waals surface area (Å²) in [5, 5.41) is 5.87. The first-order valence-corrected chi connectivity index (χ1v) is 12.2. The Morgan fingerprint density at radius 3 is 2.40 bits per heavy atom. The smallest absolute Gasteiger partial charge is 0.258 e. The van der Waals surface area contributed by atoms with E-state index in [-0.39, 0.29) is 12.5 Å². The highest BCUT2D eigenvalue weighted by Crippen LogP contribution is 2.34. The van der Waals surface area contributed by atoms with Gasteiger partial charge < -0.3 is 19.5 Å². The first kappa shape index (κ1) is 24.3. The van der Waals surface area contributed by atoms with Gasteiger partial charge in [-0.3, -0.25) is 4.79 Å². The van der Waals surface area contributed by atoms with Crippen molar-refractivity contribution in [2.75, 3.05) is 20.8 Å². The van der Waals surface area contributed by atoms with Gasteiger partial charge in [-0.05, 0) is 41.8 Å². The Kier molecular flexibility index (Phi) is 8.00. The molecule has 4 aromatic rings. The van der Waals surface area contributed by atoms with Crippen LogP contribution in [0.1, 0.15) is 18.1 Å². The van der Waals surface area contributed by atoms with Crippen molar-refractivity contribution in [3.63, 3.8) is 0 Å². The highest BCUT2D eigenvalue weighted by Gasteiger charge is 2.11. The molecule has 180 valence electrons. The van der Waals surface area contributed by atoms with Crippen LogP contribution in [0.15, 0.2) is 72.1 Å². The third kappa shape index (κ3) is 6.00. The van der Waals surface area contributed by atoms with Crippen molar-refractivity contribution in [2.45, 2.75) is 19.9 Å². The predicted octanol–water partition coefficient (Wildman–Crippen LogP) is 5.75. The normalized spacial score (nSPS) is 10.6. The number of para-hydroxylation sites is 1. The first-order chi connectivity index (χ1) is 17.1. The number of aromatic nitrogens is 1. The summed E-state index contributed by atoms with van der Waals surface area (Å²) < 4.78 is 16.4. The maximum atomic E-state index is 12.2. The standard InChI is InChI=1S/C28H28N2O4S/c1-4-20-7-5-6-8-24(20)34-17-27(31)29-16-19-9-11-21(12-10-19)28-30-23(18-35-28)22-13-14-25(32-2)26(15-22)33-3/h5-15,18H,4,16-17H2,1-3H3,(H,29,31). The number of carbonyl (C=O) groups excluding carboxylic acids is 1. The van der Waals surface area contributed by atoms with Crippen LogP contribution in [0, 0.1) is 0 Å². The number of thiazole rings is 1. The summed E-state index contributed by atoms with van der Waals surface area (Å²) in [5.41, 5.74) is 4.97. The van der Waals surface area contributed by atoms with Gasteiger partial charge in [-0.1, -0.05) is 49.4 Å². The van der Waals surface area contributed by atoms with Crippen molar-refractivity contribution in [3.8, 4) is 39.1 Å². The number of hydrogen-bond acceptors (Lipinski definition) is 6. The molecular weight excluding hydrogens is 460 g/mol. The Morgan fingerprint density at radius 2 is 1.66 bits per heavy atom. The largest absolute Gasteiger partial charge is 0.493 e. The second kappa shape index (κ2) is 11.5. The lowest BCUT2D eigenvalue weighted by molar-refractivity contribution is -0.123. The number of methoxy groups -OCH3 is 2. The second-order valence-corrected chi connectivity index (χ2v) is 8.69. The lowest BCUT2D eigenvalue weighted by atomic mass is 10.1. The zero-order valence-electron chi connectivity index (χ0n) is 20.0. The van der Waals surface area contributed by atoms with Crippen LogP contribution in [0.3, 0.4) is 0 Å². The van der Waals surface area contributed by atoms with Crippen LogP contribution in [-0.2, 0) is 17.8 Å². The molecule has 1 aromatic heterocycles. The van der Waals surface area contributed by atoms with E-state index in [1.54, 1.807) is 25.6 Å². The average molecular weight is 489 g/mol. The number of benzene rings is 3. The first-order valence-electron chi connectivity index (χ1n) is 11.4. The average Bonchev–Trinajstić information content (AvgIpc) is 3.41. The molecular formula is C28H28N2O4S. The molecule has 0 unspecified atom stereocenters. The number of hydrogen-bond donors (Lipinski definition) is 1. The number of amides is 1. The van der Waals surface area contributed by atoms with Crippen LogP contribution in [0.5, 0.6) is 17.2 Å². The predicted molar refractivity (Wildman–Crippen MR) is 139 cm³/mol. The molecule has 0 saturated heterocycles. The summed E-state index contributed by atoms with van der Waals surface area (Å²) in [6.45, 7) is 2.49. The van der Waals surface area contributed by atoms with Gasteiger partial charge in [0, 0.05) is 23.1 Å². The lowest BCUT2D eigenvalue weighted by Crippen LogP contribution is -2.28. The minimum atomic E-state index is -0.153. The molecule has 0 aliphatic rings. The monoisotopic (exact) mass is 488 g/mol. The maximum absolute atomic E-state index is 12.2. The third-order valence-electron chi connectivity index (χ3n) is 5.59. The van der Waals surface area contributed by atoms with E-state index in [1.165, 1.54) is 0 Å². The van der Waals surface area contributed by atoms with Crippen LogP contribution in [0.2, 0.25) is 0 Å². The van der Waals surface area contributed by atoms with Gasteiger partial charge in [0.15, 0.2) is 18.1 Å². The van der Waals surface area contributed by atoms with E-state index >= 15 is 0 Å². The second-order valence-electron chi connectivity index (χ2n) is 7.83. The number of ether oxygens (including phenoxy) is 3. The molecule has 6 nitrogen and oxygen atoms in total. The topological polar surface area (TPSA) is 69.7 Å². The SMILES string of the molecule is CCc1ccccc1OCC(=O)NCc1ccc(-c2nc(-c3ccc(OC)c(OC)c3)cs2)cc1. The Labute approximate surface area is 209 Å². The summed E-state index contributed by atoms with van der Waals surface area (Å²) in [7, 11) is 3.24. The summed E-state index contributed by atoms with van der Waals surface area (Å²) in [6, 6.07) is 21.6. The van der Waals surface area contributed by atoms with E-state index in [9.17, 15) is 4.79 Å². The molecule has 4 rings (SSSR count). The molecule has 3 aromatic carbocycles. The fourth-order valence-electron chi connectivity index (χ4n) is 3.63. The van der Waals surface area contributed by atoms with E-state index in [4.69, 9.17) is 19.2 Å². The van der Waals surface area contributed by atoms with Crippen LogP contribution >= 0.6 is 11.3 Å². The van der Waals surface area contributed by atoms with Gasteiger partial charge in [-0.15, -0.1) is 11.3 Å². The van der Waals surface area contributed by atoms with Gasteiger partial charge >= 0.3 is 0 Å². The molecule has 0 aliphatic carbocycles. The number of nitrogens with zero attached hydrogens (tertiary/aromatic N) is 1.